The molecule has 1 unspecified atom stereocenters. The molecule has 0 bridgehead atoms. The molecule has 0 saturated heterocycles. The summed E-state index contributed by atoms with van der Waals surface area (Å²) in [5.41, 5.74) is 2.30. The molecule has 3 aromatic heterocycles. The Morgan fingerprint density at radius 1 is 1.27 bits per heavy atom. The quantitative estimate of drug-likeness (QED) is 0.377. The van der Waals surface area contributed by atoms with Gasteiger partial charge in [0.25, 0.3) is 5.95 Å². The molecule has 1 fully saturated rings. The van der Waals surface area contributed by atoms with Crippen molar-refractivity contribution in [3.63, 3.8) is 0 Å². The zero-order chi connectivity index (χ0) is 23.1. The number of hydrogen-bond acceptors (Lipinski definition) is 7. The van der Waals surface area contributed by atoms with Crippen LogP contribution < -0.4 is 4.74 Å². The van der Waals surface area contributed by atoms with Crippen molar-refractivity contribution in [2.45, 2.75) is 25.8 Å². The lowest BCUT2D eigenvalue weighted by Gasteiger charge is -2.20. The van der Waals surface area contributed by atoms with Crippen molar-refractivity contribution in [1.82, 2.24) is 29.5 Å². The first-order chi connectivity index (χ1) is 16.0. The molecule has 0 aliphatic heterocycles. The molecule has 33 heavy (non-hydrogen) atoms. The van der Waals surface area contributed by atoms with Crippen LogP contribution in [0.2, 0.25) is 5.02 Å². The van der Waals surface area contributed by atoms with Gasteiger partial charge in [-0.15, -0.1) is 0 Å². The summed E-state index contributed by atoms with van der Waals surface area (Å²) in [4.78, 5) is 21.0. The zero-order valence-electron chi connectivity index (χ0n) is 17.9. The second-order valence-corrected chi connectivity index (χ2v) is 8.11. The first kappa shape index (κ1) is 21.3. The molecule has 1 aliphatic carbocycles. The molecular weight excluding hydrogens is 451 g/mol. The van der Waals surface area contributed by atoms with Crippen molar-refractivity contribution in [2.24, 2.45) is 5.92 Å². The second-order valence-electron chi connectivity index (χ2n) is 7.71. The second kappa shape index (κ2) is 8.43. The molecule has 1 atom stereocenters. The number of methoxy groups -OCH3 is 1. The van der Waals surface area contributed by atoms with Gasteiger partial charge in [-0.1, -0.05) is 17.7 Å². The maximum absolute atomic E-state index is 13.8. The lowest BCUT2D eigenvalue weighted by Crippen LogP contribution is -2.15. The van der Waals surface area contributed by atoms with Gasteiger partial charge in [0, 0.05) is 6.20 Å². The average Bonchev–Trinajstić information content (AvgIpc) is 3.35. The van der Waals surface area contributed by atoms with E-state index in [4.69, 9.17) is 21.1 Å². The van der Waals surface area contributed by atoms with Gasteiger partial charge in [-0.25, -0.2) is 23.5 Å². The summed E-state index contributed by atoms with van der Waals surface area (Å²) in [6, 6.07) is 4.56. The summed E-state index contributed by atoms with van der Waals surface area (Å²) >= 11 is 6.06. The van der Waals surface area contributed by atoms with Gasteiger partial charge in [0.05, 0.1) is 42.7 Å². The van der Waals surface area contributed by atoms with E-state index in [-0.39, 0.29) is 29.2 Å². The van der Waals surface area contributed by atoms with E-state index in [0.717, 1.165) is 18.4 Å². The fourth-order valence-corrected chi connectivity index (χ4v) is 4.04. The third-order valence-corrected chi connectivity index (χ3v) is 5.80. The van der Waals surface area contributed by atoms with Gasteiger partial charge in [-0.05, 0) is 43.4 Å². The Kier molecular flexibility index (Phi) is 5.45. The average molecular weight is 471 g/mol. The molecule has 0 radical (unpaired) electrons. The first-order valence-electron chi connectivity index (χ1n) is 10.5. The van der Waals surface area contributed by atoms with Crippen LogP contribution in [0.5, 0.6) is 5.88 Å². The summed E-state index contributed by atoms with van der Waals surface area (Å²) in [6.07, 6.45) is 6.55. The number of benzene rings is 1. The molecule has 1 aromatic carbocycles. The Bertz CT molecular complexity index is 1350. The van der Waals surface area contributed by atoms with Gasteiger partial charge in [-0.3, -0.25) is 0 Å². The van der Waals surface area contributed by atoms with E-state index in [1.807, 2.05) is 4.68 Å². The highest BCUT2D eigenvalue weighted by Gasteiger charge is 2.36. The minimum Gasteiger partial charge on any atom is -0.479 e. The smallest absolute Gasteiger partial charge is 0.341 e. The van der Waals surface area contributed by atoms with Crippen LogP contribution in [0.15, 0.2) is 36.8 Å². The minimum atomic E-state index is -0.477. The molecule has 1 saturated carbocycles. The number of fused-ring (bicyclic) bond motifs is 1. The van der Waals surface area contributed by atoms with Gasteiger partial charge in [0.15, 0.2) is 0 Å². The van der Waals surface area contributed by atoms with Gasteiger partial charge >= 0.3 is 5.97 Å². The van der Waals surface area contributed by atoms with Gasteiger partial charge in [-0.2, -0.15) is 15.2 Å². The van der Waals surface area contributed by atoms with E-state index in [9.17, 15) is 9.18 Å². The van der Waals surface area contributed by atoms with E-state index in [1.165, 1.54) is 30.3 Å². The number of carbonyl (C=O) groups is 1. The van der Waals surface area contributed by atoms with Crippen molar-refractivity contribution in [1.29, 1.82) is 0 Å². The molecule has 5 rings (SSSR count). The Morgan fingerprint density at radius 3 is 2.79 bits per heavy atom. The predicted molar refractivity (Wildman–Crippen MR) is 117 cm³/mol. The van der Waals surface area contributed by atoms with Crippen molar-refractivity contribution in [3.8, 4) is 11.8 Å². The van der Waals surface area contributed by atoms with Crippen LogP contribution in [0.4, 0.5) is 4.39 Å². The topological polar surface area (TPSA) is 97.0 Å². The third kappa shape index (κ3) is 3.91. The number of ether oxygens (including phenoxy) is 2. The number of halogens is 2. The largest absolute Gasteiger partial charge is 0.479 e. The molecule has 9 nitrogen and oxygen atoms in total. The third-order valence-electron chi connectivity index (χ3n) is 5.51. The Hall–Kier alpha value is -3.53. The number of aromatic nitrogens is 6. The number of carbonyl (C=O) groups excluding carboxylic acids is 1. The fourth-order valence-electron chi connectivity index (χ4n) is 3.85. The fraction of sp³-hybridized carbons (Fsp3) is 0.318. The standard InChI is InChI=1S/C22H20ClFN6O3/c1-3-33-21(31)14-9-25-29(11-14)22-27-17-10-26-30(19(17)20(28-22)32-2)18(12-4-5-12)13-6-7-16(24)15(23)8-13/h6-12,18H,3-5H2,1-2H3. The van der Waals surface area contributed by atoms with Crippen LogP contribution in [0, 0.1) is 11.7 Å². The Morgan fingerprint density at radius 2 is 2.09 bits per heavy atom. The molecule has 1 aliphatic rings. The summed E-state index contributed by atoms with van der Waals surface area (Å²) < 4.78 is 27.5. The molecule has 3 heterocycles. The van der Waals surface area contributed by atoms with Crippen LogP contribution in [-0.2, 0) is 4.74 Å². The molecule has 4 aromatic rings. The van der Waals surface area contributed by atoms with Crippen LogP contribution in [0.3, 0.4) is 0 Å². The van der Waals surface area contributed by atoms with Crippen molar-refractivity contribution >= 4 is 28.6 Å². The molecule has 0 spiro atoms. The minimum absolute atomic E-state index is 0.0659. The van der Waals surface area contributed by atoms with Crippen molar-refractivity contribution < 1.29 is 18.7 Å². The lowest BCUT2D eigenvalue weighted by molar-refractivity contribution is 0.0526. The summed E-state index contributed by atoms with van der Waals surface area (Å²) in [6.45, 7) is 2.00. The number of esters is 1. The Balaban J connectivity index is 1.58. The predicted octanol–water partition coefficient (Wildman–Crippen LogP) is 3.99. The van der Waals surface area contributed by atoms with Crippen molar-refractivity contribution in [3.05, 3.63) is 58.8 Å². The molecule has 0 N–H and O–H groups in total. The van der Waals surface area contributed by atoms with E-state index in [0.29, 0.717) is 22.8 Å². The van der Waals surface area contributed by atoms with Gasteiger partial charge in [0.2, 0.25) is 5.88 Å². The van der Waals surface area contributed by atoms with E-state index in [2.05, 4.69) is 20.2 Å². The summed E-state index contributed by atoms with van der Waals surface area (Å²) in [7, 11) is 1.51. The highest BCUT2D eigenvalue weighted by atomic mass is 35.5. The first-order valence-corrected chi connectivity index (χ1v) is 10.8. The SMILES string of the molecule is CCOC(=O)c1cnn(-c2nc(OC)c3c(cnn3C(c3ccc(F)c(Cl)c3)C3CC3)n2)c1. The van der Waals surface area contributed by atoms with Gasteiger partial charge in [0.1, 0.15) is 16.9 Å². The van der Waals surface area contributed by atoms with Gasteiger partial charge < -0.3 is 9.47 Å². The zero-order valence-corrected chi connectivity index (χ0v) is 18.7. The monoisotopic (exact) mass is 470 g/mol. The molecular formula is C22H20ClFN6O3. The van der Waals surface area contributed by atoms with Crippen LogP contribution >= 0.6 is 11.6 Å². The molecule has 170 valence electrons. The lowest BCUT2D eigenvalue weighted by atomic mass is 10.0. The van der Waals surface area contributed by atoms with E-state index in [1.54, 1.807) is 25.3 Å². The Labute approximate surface area is 193 Å². The van der Waals surface area contributed by atoms with Crippen molar-refractivity contribution in [2.75, 3.05) is 13.7 Å². The van der Waals surface area contributed by atoms with Crippen LogP contribution in [0.25, 0.3) is 17.0 Å². The molecule has 11 heteroatoms. The summed E-state index contributed by atoms with van der Waals surface area (Å²) in [5, 5.41) is 8.82. The van der Waals surface area contributed by atoms with E-state index >= 15 is 0 Å². The number of hydrogen-bond donors (Lipinski definition) is 0. The maximum Gasteiger partial charge on any atom is 0.341 e. The number of nitrogens with zero attached hydrogens (tertiary/aromatic N) is 6. The normalized spacial score (nSPS) is 14.4. The highest BCUT2D eigenvalue weighted by molar-refractivity contribution is 6.30. The summed E-state index contributed by atoms with van der Waals surface area (Å²) in [5.74, 6) is -0.0823. The number of rotatable bonds is 7. The molecule has 0 amide bonds. The highest BCUT2D eigenvalue weighted by Crippen LogP contribution is 2.45. The maximum atomic E-state index is 13.8. The van der Waals surface area contributed by atoms with Crippen LogP contribution in [-0.4, -0.2) is 49.2 Å². The van der Waals surface area contributed by atoms with Crippen LogP contribution in [0.1, 0.15) is 41.7 Å². The van der Waals surface area contributed by atoms with E-state index < -0.39 is 11.8 Å².